The molecule has 0 radical (unpaired) electrons. The molecule has 0 atom stereocenters. The molecule has 1 aromatic heterocycles. The van der Waals surface area contributed by atoms with Gasteiger partial charge >= 0.3 is 0 Å². The smallest absolute Gasteiger partial charge is 0.296 e. The zero-order valence-corrected chi connectivity index (χ0v) is 12.5. The summed E-state index contributed by atoms with van der Waals surface area (Å²) in [5.41, 5.74) is 1.44. The van der Waals surface area contributed by atoms with Crippen LogP contribution in [0, 0.1) is 10.1 Å². The Morgan fingerprint density at radius 3 is 2.75 bits per heavy atom. The lowest BCUT2D eigenvalue weighted by molar-refractivity contribution is -0.384. The summed E-state index contributed by atoms with van der Waals surface area (Å²) in [6, 6.07) is 4.95. The van der Waals surface area contributed by atoms with Crippen LogP contribution >= 0.6 is 27.3 Å². The first kappa shape index (κ1) is 13.2. The van der Waals surface area contributed by atoms with Crippen molar-refractivity contribution in [1.82, 2.24) is 0 Å². The van der Waals surface area contributed by atoms with Crippen LogP contribution in [0.25, 0.3) is 0 Å². The molecule has 0 fully saturated rings. The van der Waals surface area contributed by atoms with Gasteiger partial charge in [-0.25, -0.2) is 0 Å². The minimum absolute atomic E-state index is 0.0245. The predicted molar refractivity (Wildman–Crippen MR) is 78.6 cm³/mol. The fourth-order valence-corrected chi connectivity index (χ4v) is 3.07. The number of ether oxygens (including phenoxy) is 2. The van der Waals surface area contributed by atoms with Crippen molar-refractivity contribution < 1.29 is 14.4 Å². The highest BCUT2D eigenvalue weighted by molar-refractivity contribution is 9.11. The summed E-state index contributed by atoms with van der Waals surface area (Å²) >= 11 is 4.95. The van der Waals surface area contributed by atoms with E-state index in [0.717, 1.165) is 9.35 Å². The maximum absolute atomic E-state index is 11.1. The summed E-state index contributed by atoms with van der Waals surface area (Å²) in [6.45, 7) is 0.593. The normalized spacial score (nSPS) is 12.4. The Morgan fingerprint density at radius 1 is 1.35 bits per heavy atom. The number of hydrogen-bond donors (Lipinski definition) is 1. The average Bonchev–Trinajstić information content (AvgIpc) is 3.03. The van der Waals surface area contributed by atoms with E-state index in [2.05, 4.69) is 21.2 Å². The Balaban J connectivity index is 1.86. The molecule has 0 bridgehead atoms. The first-order valence-electron chi connectivity index (χ1n) is 5.68. The maximum Gasteiger partial charge on any atom is 0.296 e. The van der Waals surface area contributed by atoms with Crippen molar-refractivity contribution in [3.05, 3.63) is 43.0 Å². The summed E-state index contributed by atoms with van der Waals surface area (Å²) in [5, 5.41) is 16.1. The largest absolute Gasteiger partial charge is 0.454 e. The van der Waals surface area contributed by atoms with Crippen molar-refractivity contribution in [3.8, 4) is 11.5 Å². The fourth-order valence-electron chi connectivity index (χ4n) is 1.86. The van der Waals surface area contributed by atoms with E-state index in [0.29, 0.717) is 23.7 Å². The van der Waals surface area contributed by atoms with Crippen molar-refractivity contribution in [3.63, 3.8) is 0 Å². The van der Waals surface area contributed by atoms with Gasteiger partial charge in [0.2, 0.25) is 6.79 Å². The molecule has 20 heavy (non-hydrogen) atoms. The van der Waals surface area contributed by atoms with Gasteiger partial charge in [0.25, 0.3) is 5.69 Å². The number of nitro benzene ring substituents is 1. The second-order valence-electron chi connectivity index (χ2n) is 4.09. The van der Waals surface area contributed by atoms with Crippen molar-refractivity contribution in [2.75, 3.05) is 12.1 Å². The van der Waals surface area contributed by atoms with Gasteiger partial charge in [-0.2, -0.15) is 0 Å². The zero-order valence-electron chi connectivity index (χ0n) is 10.1. The van der Waals surface area contributed by atoms with Gasteiger partial charge in [-0.15, -0.1) is 11.3 Å². The maximum atomic E-state index is 11.1. The molecule has 1 N–H and O–H groups in total. The molecule has 0 aliphatic carbocycles. The molecular formula is C12H9BrN2O4S. The third-order valence-electron chi connectivity index (χ3n) is 2.79. The molecule has 2 aromatic rings. The molecule has 0 saturated heterocycles. The first-order valence-corrected chi connectivity index (χ1v) is 7.35. The SMILES string of the molecule is O=[N+]([O-])c1cc2c(cc1NCc1csc(Br)c1)OCO2. The molecule has 6 nitrogen and oxygen atoms in total. The Hall–Kier alpha value is -1.80. The third kappa shape index (κ3) is 2.56. The van der Waals surface area contributed by atoms with Gasteiger partial charge in [-0.05, 0) is 32.9 Å². The average molecular weight is 357 g/mol. The number of nitrogens with one attached hydrogen (secondary N) is 1. The van der Waals surface area contributed by atoms with Crippen molar-refractivity contribution in [2.45, 2.75) is 6.54 Å². The number of thiophene rings is 1. The van der Waals surface area contributed by atoms with E-state index in [-0.39, 0.29) is 12.5 Å². The predicted octanol–water partition coefficient (Wildman–Crippen LogP) is 3.76. The Morgan fingerprint density at radius 2 is 2.10 bits per heavy atom. The van der Waals surface area contributed by atoms with Gasteiger partial charge in [-0.1, -0.05) is 0 Å². The van der Waals surface area contributed by atoms with Crippen LogP contribution in [-0.4, -0.2) is 11.7 Å². The lowest BCUT2D eigenvalue weighted by Gasteiger charge is -2.07. The summed E-state index contributed by atoms with van der Waals surface area (Å²) in [7, 11) is 0. The highest BCUT2D eigenvalue weighted by Gasteiger charge is 2.23. The number of hydrogen-bond acceptors (Lipinski definition) is 6. The molecule has 1 aliphatic rings. The molecule has 3 rings (SSSR count). The number of rotatable bonds is 4. The first-order chi connectivity index (χ1) is 9.63. The molecule has 0 saturated carbocycles. The summed E-state index contributed by atoms with van der Waals surface area (Å²) in [4.78, 5) is 10.7. The van der Waals surface area contributed by atoms with E-state index in [1.165, 1.54) is 6.07 Å². The minimum Gasteiger partial charge on any atom is -0.454 e. The van der Waals surface area contributed by atoms with Crippen LogP contribution in [0.2, 0.25) is 0 Å². The monoisotopic (exact) mass is 356 g/mol. The quantitative estimate of drug-likeness (QED) is 0.666. The molecule has 104 valence electrons. The molecular weight excluding hydrogens is 348 g/mol. The highest BCUT2D eigenvalue weighted by Crippen LogP contribution is 2.40. The van der Waals surface area contributed by atoms with Crippen LogP contribution in [0.5, 0.6) is 11.5 Å². The summed E-state index contributed by atoms with van der Waals surface area (Å²) in [6.07, 6.45) is 0. The van der Waals surface area contributed by atoms with Crippen LogP contribution < -0.4 is 14.8 Å². The molecule has 0 spiro atoms. The van der Waals surface area contributed by atoms with Gasteiger partial charge in [-0.3, -0.25) is 10.1 Å². The van der Waals surface area contributed by atoms with Crippen LogP contribution in [-0.2, 0) is 6.54 Å². The van der Waals surface area contributed by atoms with Gasteiger partial charge in [0.15, 0.2) is 11.5 Å². The molecule has 1 aromatic carbocycles. The number of nitrogens with zero attached hydrogens (tertiary/aromatic N) is 1. The van der Waals surface area contributed by atoms with Gasteiger partial charge in [0.1, 0.15) is 5.69 Å². The molecule has 2 heterocycles. The lowest BCUT2D eigenvalue weighted by atomic mass is 10.2. The number of halogens is 1. The number of benzene rings is 1. The Labute approximate surface area is 126 Å². The van der Waals surface area contributed by atoms with Gasteiger partial charge in [0.05, 0.1) is 14.8 Å². The van der Waals surface area contributed by atoms with E-state index < -0.39 is 4.92 Å². The van der Waals surface area contributed by atoms with Crippen molar-refractivity contribution in [1.29, 1.82) is 0 Å². The van der Waals surface area contributed by atoms with Crippen LogP contribution in [0.15, 0.2) is 27.4 Å². The lowest BCUT2D eigenvalue weighted by Crippen LogP contribution is -2.02. The minimum atomic E-state index is -0.437. The van der Waals surface area contributed by atoms with Crippen LogP contribution in [0.4, 0.5) is 11.4 Å². The van der Waals surface area contributed by atoms with Crippen LogP contribution in [0.1, 0.15) is 5.56 Å². The summed E-state index contributed by atoms with van der Waals surface area (Å²) in [5.74, 6) is 0.921. The van der Waals surface area contributed by atoms with Gasteiger partial charge < -0.3 is 14.8 Å². The summed E-state index contributed by atoms with van der Waals surface area (Å²) < 4.78 is 11.4. The number of fused-ring (bicyclic) bond motifs is 1. The molecule has 8 heteroatoms. The van der Waals surface area contributed by atoms with E-state index >= 15 is 0 Å². The number of nitro groups is 1. The van der Waals surface area contributed by atoms with Crippen molar-refractivity contribution in [2.24, 2.45) is 0 Å². The van der Waals surface area contributed by atoms with Crippen molar-refractivity contribution >= 4 is 38.6 Å². The van der Waals surface area contributed by atoms with E-state index in [1.54, 1.807) is 17.4 Å². The van der Waals surface area contributed by atoms with Gasteiger partial charge in [0, 0.05) is 12.6 Å². The topological polar surface area (TPSA) is 73.6 Å². The van der Waals surface area contributed by atoms with E-state index in [1.807, 2.05) is 11.4 Å². The van der Waals surface area contributed by atoms with E-state index in [9.17, 15) is 10.1 Å². The second kappa shape index (κ2) is 5.29. The molecule has 0 amide bonds. The number of anilines is 1. The zero-order chi connectivity index (χ0) is 14.1. The molecule has 1 aliphatic heterocycles. The Kier molecular flexibility index (Phi) is 3.49. The Bertz CT molecular complexity index is 673. The highest BCUT2D eigenvalue weighted by atomic mass is 79.9. The second-order valence-corrected chi connectivity index (χ2v) is 6.38. The molecule has 0 unspecified atom stereocenters. The third-order valence-corrected chi connectivity index (χ3v) is 4.35. The fraction of sp³-hybridized carbons (Fsp3) is 0.167. The standard InChI is InChI=1S/C12H9BrN2O4S/c13-12-1-7(5-20-12)4-14-8-2-10-11(19-6-18-10)3-9(8)15(16)17/h1-3,5,14H,4,6H2. The van der Waals surface area contributed by atoms with E-state index in [4.69, 9.17) is 9.47 Å². The van der Waals surface area contributed by atoms with Crippen LogP contribution in [0.3, 0.4) is 0 Å².